The summed E-state index contributed by atoms with van der Waals surface area (Å²) in [5.74, 6) is 0.593. The number of aromatic nitrogens is 1. The Kier molecular flexibility index (Phi) is 5.68. The van der Waals surface area contributed by atoms with Gasteiger partial charge in [-0.3, -0.25) is 4.90 Å². The van der Waals surface area contributed by atoms with E-state index in [0.717, 1.165) is 22.9 Å². The molecule has 5 heteroatoms. The maximum absolute atomic E-state index is 13.0. The number of nitrogens with zero attached hydrogens (tertiary/aromatic N) is 2. The maximum Gasteiger partial charge on any atom is 0.326 e. The molecule has 0 spiro atoms. The number of hydrogen-bond acceptors (Lipinski definition) is 2. The summed E-state index contributed by atoms with van der Waals surface area (Å²) in [7, 11) is 0. The van der Waals surface area contributed by atoms with Gasteiger partial charge in [-0.05, 0) is 87.5 Å². The molecule has 2 aromatic carbocycles. The Balaban J connectivity index is 1.36. The fraction of sp³-hybridized carbons (Fsp3) is 0.423. The lowest BCUT2D eigenvalue weighted by Crippen LogP contribution is -2.44. The lowest BCUT2D eigenvalue weighted by Gasteiger charge is -2.42. The van der Waals surface area contributed by atoms with E-state index in [1.807, 2.05) is 43.3 Å². The van der Waals surface area contributed by atoms with Gasteiger partial charge in [-0.25, -0.2) is 4.79 Å². The molecule has 2 unspecified atom stereocenters. The number of anilines is 2. The molecule has 0 saturated carbocycles. The topological polar surface area (TPSA) is 51.4 Å². The number of piperidine rings is 2. The van der Waals surface area contributed by atoms with Gasteiger partial charge in [0.15, 0.2) is 0 Å². The van der Waals surface area contributed by atoms with Crippen LogP contribution < -0.4 is 10.2 Å². The van der Waals surface area contributed by atoms with Gasteiger partial charge < -0.3 is 15.2 Å². The maximum atomic E-state index is 13.0. The quantitative estimate of drug-likeness (QED) is 0.551. The number of para-hydroxylation sites is 1. The molecule has 0 radical (unpaired) electrons. The van der Waals surface area contributed by atoms with Crippen molar-refractivity contribution in [1.82, 2.24) is 9.88 Å². The van der Waals surface area contributed by atoms with Gasteiger partial charge in [0.1, 0.15) is 0 Å². The van der Waals surface area contributed by atoms with E-state index in [0.29, 0.717) is 12.5 Å². The zero-order valence-electron chi connectivity index (χ0n) is 18.3. The fourth-order valence-electron chi connectivity index (χ4n) is 5.47. The molecule has 162 valence electrons. The molecule has 2 aliphatic rings. The lowest BCUT2D eigenvalue weighted by molar-refractivity contribution is 0.0977. The smallest absolute Gasteiger partial charge is 0.326 e. The summed E-state index contributed by atoms with van der Waals surface area (Å²) in [6, 6.07) is 16.7. The van der Waals surface area contributed by atoms with Crippen molar-refractivity contribution >= 4 is 28.3 Å². The van der Waals surface area contributed by atoms with Gasteiger partial charge in [0, 0.05) is 41.1 Å². The van der Waals surface area contributed by atoms with E-state index in [4.69, 9.17) is 0 Å². The molecule has 0 bridgehead atoms. The molecule has 2 atom stereocenters. The Morgan fingerprint density at radius 1 is 1.13 bits per heavy atom. The molecular weight excluding hydrogens is 384 g/mol. The summed E-state index contributed by atoms with van der Waals surface area (Å²) >= 11 is 0. The Hall–Kier alpha value is -2.79. The average molecular weight is 417 g/mol. The molecule has 0 aliphatic carbocycles. The van der Waals surface area contributed by atoms with Gasteiger partial charge >= 0.3 is 6.03 Å². The second kappa shape index (κ2) is 8.75. The number of fused-ring (bicyclic) bond motifs is 2. The van der Waals surface area contributed by atoms with Crippen molar-refractivity contribution in [2.75, 3.05) is 29.9 Å². The highest BCUT2D eigenvalue weighted by Gasteiger charge is 2.31. The van der Waals surface area contributed by atoms with Gasteiger partial charge in [-0.1, -0.05) is 24.6 Å². The Labute approximate surface area is 184 Å². The molecule has 1 aromatic heterocycles. The van der Waals surface area contributed by atoms with Gasteiger partial charge in [0.25, 0.3) is 0 Å². The van der Waals surface area contributed by atoms with Gasteiger partial charge in [-0.2, -0.15) is 0 Å². The van der Waals surface area contributed by atoms with Crippen molar-refractivity contribution in [3.05, 3.63) is 60.3 Å². The summed E-state index contributed by atoms with van der Waals surface area (Å²) in [4.78, 5) is 20.9. The van der Waals surface area contributed by atoms with Gasteiger partial charge in [0.05, 0.1) is 0 Å². The molecule has 31 heavy (non-hydrogen) atoms. The zero-order valence-corrected chi connectivity index (χ0v) is 18.3. The van der Waals surface area contributed by atoms with Crippen LogP contribution in [0.3, 0.4) is 0 Å². The van der Waals surface area contributed by atoms with E-state index in [9.17, 15) is 4.79 Å². The summed E-state index contributed by atoms with van der Waals surface area (Å²) in [5.41, 5.74) is 4.31. The van der Waals surface area contributed by atoms with Crippen molar-refractivity contribution in [2.45, 2.75) is 51.0 Å². The van der Waals surface area contributed by atoms with Crippen LogP contribution in [0.4, 0.5) is 16.2 Å². The monoisotopic (exact) mass is 416 g/mol. The average Bonchev–Trinajstić information content (AvgIpc) is 3.23. The first-order valence-corrected chi connectivity index (χ1v) is 11.7. The normalized spacial score (nSPS) is 21.6. The van der Waals surface area contributed by atoms with Crippen LogP contribution in [0.5, 0.6) is 0 Å². The van der Waals surface area contributed by atoms with E-state index in [1.54, 1.807) is 4.90 Å². The number of H-pyrrole nitrogens is 1. The number of nitrogens with one attached hydrogen (secondary N) is 2. The SMILES string of the molecule is CCN(C(=O)Nc1ccc2[nH]cc(C3CCN4CCCCC4C3)c2c1)c1ccccc1. The van der Waals surface area contributed by atoms with Crippen LogP contribution in [-0.4, -0.2) is 41.6 Å². The largest absolute Gasteiger partial charge is 0.361 e. The molecule has 2 amide bonds. The number of carbonyl (C=O) groups is 1. The van der Waals surface area contributed by atoms with E-state index in [1.165, 1.54) is 56.1 Å². The van der Waals surface area contributed by atoms with Gasteiger partial charge in [0.2, 0.25) is 0 Å². The highest BCUT2D eigenvalue weighted by molar-refractivity contribution is 6.03. The third-order valence-electron chi connectivity index (χ3n) is 7.10. The highest BCUT2D eigenvalue weighted by Crippen LogP contribution is 2.38. The summed E-state index contributed by atoms with van der Waals surface area (Å²) < 4.78 is 0. The van der Waals surface area contributed by atoms with Crippen molar-refractivity contribution in [3.8, 4) is 0 Å². The Bertz CT molecular complexity index is 1040. The number of rotatable bonds is 4. The number of hydrogen-bond donors (Lipinski definition) is 2. The van der Waals surface area contributed by atoms with E-state index < -0.39 is 0 Å². The summed E-state index contributed by atoms with van der Waals surface area (Å²) in [5, 5.41) is 4.36. The van der Waals surface area contributed by atoms with Crippen molar-refractivity contribution in [3.63, 3.8) is 0 Å². The first-order valence-electron chi connectivity index (χ1n) is 11.7. The minimum absolute atomic E-state index is 0.0966. The van der Waals surface area contributed by atoms with E-state index in [2.05, 4.69) is 33.5 Å². The van der Waals surface area contributed by atoms with Crippen LogP contribution in [0.15, 0.2) is 54.7 Å². The van der Waals surface area contributed by atoms with Crippen LogP contribution in [0.1, 0.15) is 50.5 Å². The number of benzene rings is 2. The van der Waals surface area contributed by atoms with Crippen LogP contribution in [0.25, 0.3) is 10.9 Å². The number of carbonyl (C=O) groups excluding carboxylic acids is 1. The molecule has 5 rings (SSSR count). The molecule has 3 aromatic rings. The van der Waals surface area contributed by atoms with E-state index in [-0.39, 0.29) is 6.03 Å². The van der Waals surface area contributed by atoms with Gasteiger partial charge in [-0.15, -0.1) is 0 Å². The first kappa shape index (κ1) is 20.1. The van der Waals surface area contributed by atoms with Crippen molar-refractivity contribution < 1.29 is 4.79 Å². The third kappa shape index (κ3) is 4.07. The fourth-order valence-corrected chi connectivity index (χ4v) is 5.47. The molecule has 3 heterocycles. The molecule has 2 N–H and O–H groups in total. The lowest BCUT2D eigenvalue weighted by atomic mass is 9.82. The third-order valence-corrected chi connectivity index (χ3v) is 7.10. The zero-order chi connectivity index (χ0) is 21.2. The molecular formula is C26H32N4O. The van der Waals surface area contributed by atoms with Crippen molar-refractivity contribution in [2.24, 2.45) is 0 Å². The molecule has 5 nitrogen and oxygen atoms in total. The standard InChI is InChI=1S/C26H32N4O/c1-2-30(21-8-4-3-5-9-21)26(31)28-20-11-12-25-23(17-20)24(18-27-25)19-13-15-29-14-7-6-10-22(29)16-19/h3-5,8-9,11-12,17-19,22,27H,2,6-7,10,13-16H2,1H3,(H,28,31). The molecule has 2 aliphatic heterocycles. The second-order valence-electron chi connectivity index (χ2n) is 8.92. The number of aromatic amines is 1. The van der Waals surface area contributed by atoms with Crippen LogP contribution in [0.2, 0.25) is 0 Å². The minimum atomic E-state index is -0.0966. The van der Waals surface area contributed by atoms with E-state index >= 15 is 0 Å². The molecule has 2 fully saturated rings. The second-order valence-corrected chi connectivity index (χ2v) is 8.92. The number of urea groups is 1. The van der Waals surface area contributed by atoms with Crippen LogP contribution in [0, 0.1) is 0 Å². The summed E-state index contributed by atoms with van der Waals surface area (Å²) in [6.07, 6.45) is 8.73. The van der Waals surface area contributed by atoms with Crippen LogP contribution >= 0.6 is 0 Å². The Morgan fingerprint density at radius 2 is 2.00 bits per heavy atom. The minimum Gasteiger partial charge on any atom is -0.361 e. The highest BCUT2D eigenvalue weighted by atomic mass is 16.2. The van der Waals surface area contributed by atoms with Crippen molar-refractivity contribution in [1.29, 1.82) is 0 Å². The summed E-state index contributed by atoms with van der Waals surface area (Å²) in [6.45, 7) is 5.10. The molecule has 2 saturated heterocycles. The van der Waals surface area contributed by atoms with Crippen LogP contribution in [-0.2, 0) is 0 Å². The first-order chi connectivity index (χ1) is 15.2. The predicted octanol–water partition coefficient (Wildman–Crippen LogP) is 5.96. The predicted molar refractivity (Wildman–Crippen MR) is 128 cm³/mol. The Morgan fingerprint density at radius 3 is 2.84 bits per heavy atom. The number of amides is 2.